The third-order valence-corrected chi connectivity index (χ3v) is 4.72. The van der Waals surface area contributed by atoms with Crippen LogP contribution in [0.4, 0.5) is 4.39 Å². The van der Waals surface area contributed by atoms with Gasteiger partial charge in [0.1, 0.15) is 5.82 Å². The Morgan fingerprint density at radius 1 is 1.42 bits per heavy atom. The number of piperidine rings is 1. The molecule has 4 nitrogen and oxygen atoms in total. The van der Waals surface area contributed by atoms with E-state index in [4.69, 9.17) is 11.6 Å². The normalized spacial score (nSPS) is 19.3. The van der Waals surface area contributed by atoms with Crippen LogP contribution < -0.4 is 10.6 Å². The van der Waals surface area contributed by atoms with Gasteiger partial charge < -0.3 is 10.6 Å². The maximum atomic E-state index is 13.8. The lowest BCUT2D eigenvalue weighted by Crippen LogP contribution is -2.53. The molecule has 0 spiro atoms. The molecule has 134 valence electrons. The van der Waals surface area contributed by atoms with Crippen LogP contribution in [0.25, 0.3) is 0 Å². The van der Waals surface area contributed by atoms with Crippen LogP contribution in [0.15, 0.2) is 18.2 Å². The van der Waals surface area contributed by atoms with Crippen molar-refractivity contribution in [1.29, 1.82) is 0 Å². The highest BCUT2D eigenvalue weighted by Gasteiger charge is 2.27. The molecule has 1 saturated heterocycles. The predicted molar refractivity (Wildman–Crippen MR) is 95.6 cm³/mol. The first-order valence-electron chi connectivity index (χ1n) is 8.45. The summed E-state index contributed by atoms with van der Waals surface area (Å²) in [5.41, 5.74) is 0.541. The van der Waals surface area contributed by atoms with Gasteiger partial charge in [-0.2, -0.15) is 0 Å². The average molecular weight is 356 g/mol. The quantitative estimate of drug-likeness (QED) is 0.853. The molecule has 0 bridgehead atoms. The number of amides is 1. The lowest BCUT2D eigenvalue weighted by atomic mass is 9.98. The fourth-order valence-electron chi connectivity index (χ4n) is 2.93. The van der Waals surface area contributed by atoms with Crippen LogP contribution in [0.1, 0.15) is 39.2 Å². The molecule has 1 atom stereocenters. The van der Waals surface area contributed by atoms with Crippen molar-refractivity contribution >= 4 is 17.5 Å². The third-order valence-electron chi connectivity index (χ3n) is 4.43. The maximum absolute atomic E-state index is 13.8. The Balaban J connectivity index is 1.76. The fraction of sp³-hybridized carbons (Fsp3) is 0.611. The average Bonchev–Trinajstić information content (AvgIpc) is 2.54. The standard InChI is InChI=1S/C18H27ClFN3O/c1-18(2,3)23-9-5-7-14(12-23)21-11-16(24)22-10-13-6-4-8-15(19)17(13)20/h4,6,8,14,21H,5,7,9-12H2,1-3H3,(H,22,24)/t14-/m1/s1. The zero-order valence-corrected chi connectivity index (χ0v) is 15.4. The van der Waals surface area contributed by atoms with Crippen molar-refractivity contribution in [3.8, 4) is 0 Å². The third kappa shape index (κ3) is 5.43. The van der Waals surface area contributed by atoms with Crippen molar-refractivity contribution < 1.29 is 9.18 Å². The Morgan fingerprint density at radius 3 is 2.88 bits per heavy atom. The van der Waals surface area contributed by atoms with Crippen LogP contribution in [0, 0.1) is 5.82 Å². The molecular weight excluding hydrogens is 329 g/mol. The van der Waals surface area contributed by atoms with E-state index < -0.39 is 5.82 Å². The van der Waals surface area contributed by atoms with E-state index in [1.54, 1.807) is 12.1 Å². The molecule has 1 aromatic carbocycles. The van der Waals surface area contributed by atoms with Gasteiger partial charge in [0.05, 0.1) is 11.6 Å². The number of nitrogens with one attached hydrogen (secondary N) is 2. The Morgan fingerprint density at radius 2 is 2.17 bits per heavy atom. The number of benzene rings is 1. The van der Waals surface area contributed by atoms with Crippen LogP contribution in [-0.4, -0.2) is 42.0 Å². The van der Waals surface area contributed by atoms with E-state index in [1.807, 2.05) is 0 Å². The lowest BCUT2D eigenvalue weighted by Gasteiger charge is -2.41. The summed E-state index contributed by atoms with van der Waals surface area (Å²) >= 11 is 5.74. The number of likely N-dealkylation sites (tertiary alicyclic amines) is 1. The van der Waals surface area contributed by atoms with Gasteiger partial charge in [0.15, 0.2) is 0 Å². The minimum absolute atomic E-state index is 0.0735. The number of hydrogen-bond donors (Lipinski definition) is 2. The first-order chi connectivity index (χ1) is 11.3. The number of halogens is 2. The molecule has 2 rings (SSSR count). The minimum Gasteiger partial charge on any atom is -0.351 e. The van der Waals surface area contributed by atoms with Crippen molar-refractivity contribution in [2.45, 2.75) is 51.7 Å². The van der Waals surface area contributed by atoms with Crippen molar-refractivity contribution in [2.75, 3.05) is 19.6 Å². The van der Waals surface area contributed by atoms with Crippen LogP contribution in [-0.2, 0) is 11.3 Å². The van der Waals surface area contributed by atoms with Gasteiger partial charge in [-0.15, -0.1) is 0 Å². The Labute approximate surface area is 148 Å². The lowest BCUT2D eigenvalue weighted by molar-refractivity contribution is -0.120. The molecule has 6 heteroatoms. The van der Waals surface area contributed by atoms with Gasteiger partial charge in [0.2, 0.25) is 5.91 Å². The summed E-state index contributed by atoms with van der Waals surface area (Å²) < 4.78 is 13.8. The smallest absolute Gasteiger partial charge is 0.234 e. The van der Waals surface area contributed by atoms with Crippen LogP contribution in [0.5, 0.6) is 0 Å². The van der Waals surface area contributed by atoms with Crippen LogP contribution >= 0.6 is 11.6 Å². The zero-order valence-electron chi connectivity index (χ0n) is 14.7. The second-order valence-electron chi connectivity index (χ2n) is 7.33. The molecule has 1 aliphatic heterocycles. The first-order valence-corrected chi connectivity index (χ1v) is 8.83. The number of carbonyl (C=O) groups excluding carboxylic acids is 1. The molecule has 0 unspecified atom stereocenters. The number of nitrogens with zero attached hydrogens (tertiary/aromatic N) is 1. The highest BCUT2D eigenvalue weighted by atomic mass is 35.5. The van der Waals surface area contributed by atoms with Crippen molar-refractivity contribution in [3.05, 3.63) is 34.6 Å². The molecule has 0 saturated carbocycles. The van der Waals surface area contributed by atoms with Gasteiger partial charge >= 0.3 is 0 Å². The van der Waals surface area contributed by atoms with Gasteiger partial charge in [-0.3, -0.25) is 9.69 Å². The van der Waals surface area contributed by atoms with E-state index in [1.165, 1.54) is 6.07 Å². The molecule has 1 fully saturated rings. The zero-order chi connectivity index (χ0) is 17.7. The second-order valence-corrected chi connectivity index (χ2v) is 7.73. The molecule has 2 N–H and O–H groups in total. The Bertz CT molecular complexity index is 574. The summed E-state index contributed by atoms with van der Waals surface area (Å²) in [5.74, 6) is -0.609. The van der Waals surface area contributed by atoms with E-state index in [0.717, 1.165) is 25.9 Å². The van der Waals surface area contributed by atoms with Crippen molar-refractivity contribution in [2.24, 2.45) is 0 Å². The molecule has 1 aliphatic rings. The molecular formula is C18H27ClFN3O. The van der Waals surface area contributed by atoms with E-state index in [-0.39, 0.29) is 29.6 Å². The van der Waals surface area contributed by atoms with Gasteiger partial charge in [-0.25, -0.2) is 4.39 Å². The highest BCUT2D eigenvalue weighted by molar-refractivity contribution is 6.30. The van der Waals surface area contributed by atoms with E-state index >= 15 is 0 Å². The van der Waals surface area contributed by atoms with E-state index in [2.05, 4.69) is 36.3 Å². The highest BCUT2D eigenvalue weighted by Crippen LogP contribution is 2.20. The van der Waals surface area contributed by atoms with Gasteiger partial charge in [0, 0.05) is 30.2 Å². The number of hydrogen-bond acceptors (Lipinski definition) is 3. The molecule has 0 aromatic heterocycles. The largest absolute Gasteiger partial charge is 0.351 e. The molecule has 1 heterocycles. The predicted octanol–water partition coefficient (Wildman–Crippen LogP) is 2.95. The number of carbonyl (C=O) groups is 1. The van der Waals surface area contributed by atoms with Gasteiger partial charge in [-0.1, -0.05) is 23.7 Å². The Hall–Kier alpha value is -1.17. The first kappa shape index (κ1) is 19.2. The van der Waals surface area contributed by atoms with Crippen LogP contribution in [0.2, 0.25) is 5.02 Å². The Kier molecular flexibility index (Phi) is 6.61. The van der Waals surface area contributed by atoms with Gasteiger partial charge in [0.25, 0.3) is 0 Å². The molecule has 0 aliphatic carbocycles. The van der Waals surface area contributed by atoms with Crippen LogP contribution in [0.3, 0.4) is 0 Å². The van der Waals surface area contributed by atoms with Crippen molar-refractivity contribution in [3.63, 3.8) is 0 Å². The molecule has 0 radical (unpaired) electrons. The molecule has 24 heavy (non-hydrogen) atoms. The van der Waals surface area contributed by atoms with Gasteiger partial charge in [-0.05, 0) is 46.2 Å². The fourth-order valence-corrected chi connectivity index (χ4v) is 3.13. The van der Waals surface area contributed by atoms with E-state index in [0.29, 0.717) is 11.6 Å². The minimum atomic E-state index is -0.472. The summed E-state index contributed by atoms with van der Waals surface area (Å²) in [4.78, 5) is 14.4. The second kappa shape index (κ2) is 8.28. The SMILES string of the molecule is CC(C)(C)N1CCC[C@@H](NCC(=O)NCc2cccc(Cl)c2F)C1. The summed E-state index contributed by atoms with van der Waals surface area (Å²) in [6.07, 6.45) is 2.20. The maximum Gasteiger partial charge on any atom is 0.234 e. The monoisotopic (exact) mass is 355 g/mol. The summed E-state index contributed by atoms with van der Waals surface area (Å²) in [7, 11) is 0. The topological polar surface area (TPSA) is 44.4 Å². The van der Waals surface area contributed by atoms with E-state index in [9.17, 15) is 9.18 Å². The summed E-state index contributed by atoms with van der Waals surface area (Å²) in [6.45, 7) is 9.06. The summed E-state index contributed by atoms with van der Waals surface area (Å²) in [5, 5.41) is 6.12. The molecule has 1 amide bonds. The molecule has 1 aromatic rings. The number of rotatable bonds is 5. The summed E-state index contributed by atoms with van der Waals surface area (Å²) in [6, 6.07) is 5.10. The van der Waals surface area contributed by atoms with Crippen molar-refractivity contribution in [1.82, 2.24) is 15.5 Å².